The molecule has 3 aromatic rings. The molecule has 22 heavy (non-hydrogen) atoms. The first kappa shape index (κ1) is 14.6. The second kappa shape index (κ2) is 5.81. The van der Waals surface area contributed by atoms with Crippen LogP contribution in [0.4, 0.5) is 11.5 Å². The average molecular weight is 314 g/mol. The molecule has 0 fully saturated rings. The van der Waals surface area contributed by atoms with Crippen LogP contribution in [0, 0.1) is 6.92 Å². The second-order valence-electron chi connectivity index (χ2n) is 5.16. The van der Waals surface area contributed by atoms with Crippen molar-refractivity contribution < 1.29 is 0 Å². The smallest absolute Gasteiger partial charge is 0.263 e. The summed E-state index contributed by atoms with van der Waals surface area (Å²) in [7, 11) is 0. The summed E-state index contributed by atoms with van der Waals surface area (Å²) in [4.78, 5) is 17.2. The van der Waals surface area contributed by atoms with E-state index in [0.717, 1.165) is 11.3 Å². The maximum Gasteiger partial charge on any atom is 0.263 e. The number of aromatic nitrogens is 2. The maximum absolute atomic E-state index is 12.6. The molecule has 5 heteroatoms. The molecule has 4 nitrogen and oxygen atoms in total. The molecule has 2 aromatic heterocycles. The average Bonchev–Trinajstić information content (AvgIpc) is 2.49. The number of fused-ring (bicyclic) bond motifs is 1. The van der Waals surface area contributed by atoms with Crippen molar-refractivity contribution in [3.8, 4) is 0 Å². The van der Waals surface area contributed by atoms with Crippen molar-refractivity contribution in [3.05, 3.63) is 69.1 Å². The first-order valence-corrected chi connectivity index (χ1v) is 7.51. The standard InChI is InChI=1S/C17H16ClN3O/c1-3-14-16(19-13-6-4-12(18)5-7-13)20-15-10-11(2)8-9-21(15)17(14)22/h4-10,19H,3H2,1-2H3. The summed E-state index contributed by atoms with van der Waals surface area (Å²) in [6.07, 6.45) is 2.38. The Morgan fingerprint density at radius 3 is 2.64 bits per heavy atom. The van der Waals surface area contributed by atoms with E-state index in [1.807, 2.05) is 38.1 Å². The monoisotopic (exact) mass is 313 g/mol. The fraction of sp³-hybridized carbons (Fsp3) is 0.176. The van der Waals surface area contributed by atoms with Gasteiger partial charge in [-0.2, -0.15) is 0 Å². The first-order chi connectivity index (χ1) is 10.6. The molecule has 0 aliphatic heterocycles. The molecule has 112 valence electrons. The molecule has 0 radical (unpaired) electrons. The Morgan fingerprint density at radius 2 is 1.95 bits per heavy atom. The zero-order valence-corrected chi connectivity index (χ0v) is 13.2. The summed E-state index contributed by atoms with van der Waals surface area (Å²) in [5, 5.41) is 3.89. The van der Waals surface area contributed by atoms with Gasteiger partial charge in [-0.1, -0.05) is 18.5 Å². The van der Waals surface area contributed by atoms with Crippen molar-refractivity contribution in [2.24, 2.45) is 0 Å². The van der Waals surface area contributed by atoms with Crippen molar-refractivity contribution >= 4 is 28.8 Å². The van der Waals surface area contributed by atoms with Gasteiger partial charge in [0.05, 0.1) is 5.56 Å². The quantitative estimate of drug-likeness (QED) is 0.796. The predicted molar refractivity (Wildman–Crippen MR) is 90.3 cm³/mol. The van der Waals surface area contributed by atoms with Crippen LogP contribution >= 0.6 is 11.6 Å². The molecule has 0 unspecified atom stereocenters. The summed E-state index contributed by atoms with van der Waals surface area (Å²) in [6.45, 7) is 3.93. The van der Waals surface area contributed by atoms with Crippen LogP contribution in [0.15, 0.2) is 47.4 Å². The fourth-order valence-electron chi connectivity index (χ4n) is 2.37. The van der Waals surface area contributed by atoms with Crippen molar-refractivity contribution in [1.29, 1.82) is 0 Å². The Bertz CT molecular complexity index is 885. The molecule has 0 saturated heterocycles. The molecule has 2 heterocycles. The molecule has 3 rings (SSSR count). The topological polar surface area (TPSA) is 46.4 Å². The largest absolute Gasteiger partial charge is 0.340 e. The number of nitrogens with zero attached hydrogens (tertiary/aromatic N) is 2. The van der Waals surface area contributed by atoms with E-state index in [1.165, 1.54) is 0 Å². The van der Waals surface area contributed by atoms with E-state index < -0.39 is 0 Å². The minimum Gasteiger partial charge on any atom is -0.340 e. The highest BCUT2D eigenvalue weighted by molar-refractivity contribution is 6.30. The molecule has 1 N–H and O–H groups in total. The highest BCUT2D eigenvalue weighted by Gasteiger charge is 2.11. The zero-order valence-electron chi connectivity index (χ0n) is 12.4. The van der Waals surface area contributed by atoms with Crippen molar-refractivity contribution in [2.45, 2.75) is 20.3 Å². The lowest BCUT2D eigenvalue weighted by molar-refractivity contribution is 0.968. The molecule has 0 bridgehead atoms. The predicted octanol–water partition coefficient (Wildman–Crippen LogP) is 3.96. The third kappa shape index (κ3) is 2.70. The molecule has 0 spiro atoms. The fourth-order valence-corrected chi connectivity index (χ4v) is 2.49. The Balaban J connectivity index is 2.15. The van der Waals surface area contributed by atoms with Crippen LogP contribution in [0.3, 0.4) is 0 Å². The third-order valence-electron chi connectivity index (χ3n) is 3.54. The molecule has 0 aliphatic carbocycles. The van der Waals surface area contributed by atoms with E-state index in [1.54, 1.807) is 22.7 Å². The number of hydrogen-bond donors (Lipinski definition) is 1. The number of anilines is 2. The number of benzene rings is 1. The van der Waals surface area contributed by atoms with Crippen molar-refractivity contribution in [1.82, 2.24) is 9.38 Å². The van der Waals surface area contributed by atoms with E-state index in [2.05, 4.69) is 10.3 Å². The Morgan fingerprint density at radius 1 is 1.23 bits per heavy atom. The van der Waals surface area contributed by atoms with Gasteiger partial charge in [-0.05, 0) is 55.3 Å². The maximum atomic E-state index is 12.6. The van der Waals surface area contributed by atoms with Gasteiger partial charge in [-0.25, -0.2) is 4.98 Å². The second-order valence-corrected chi connectivity index (χ2v) is 5.60. The van der Waals surface area contributed by atoms with E-state index in [-0.39, 0.29) is 5.56 Å². The van der Waals surface area contributed by atoms with Gasteiger partial charge in [0.25, 0.3) is 5.56 Å². The molecule has 0 atom stereocenters. The minimum absolute atomic E-state index is 0.0380. The Hall–Kier alpha value is -2.33. The Labute approximate surface area is 133 Å². The van der Waals surface area contributed by atoms with Gasteiger partial charge in [0.15, 0.2) is 0 Å². The van der Waals surface area contributed by atoms with E-state index in [0.29, 0.717) is 28.5 Å². The lowest BCUT2D eigenvalue weighted by Crippen LogP contribution is -2.21. The van der Waals surface area contributed by atoms with E-state index in [4.69, 9.17) is 11.6 Å². The molecular formula is C17H16ClN3O. The van der Waals surface area contributed by atoms with Crippen LogP contribution in [0.5, 0.6) is 0 Å². The zero-order chi connectivity index (χ0) is 15.7. The number of aryl methyl sites for hydroxylation is 1. The van der Waals surface area contributed by atoms with Crippen LogP contribution in [-0.2, 0) is 6.42 Å². The van der Waals surface area contributed by atoms with Crippen LogP contribution in [0.25, 0.3) is 5.65 Å². The van der Waals surface area contributed by atoms with Gasteiger partial charge in [-0.3, -0.25) is 9.20 Å². The number of nitrogens with one attached hydrogen (secondary N) is 1. The highest BCUT2D eigenvalue weighted by atomic mass is 35.5. The number of pyridine rings is 1. The number of rotatable bonds is 3. The van der Waals surface area contributed by atoms with Crippen LogP contribution < -0.4 is 10.9 Å². The van der Waals surface area contributed by atoms with Gasteiger partial charge in [0.2, 0.25) is 0 Å². The lowest BCUT2D eigenvalue weighted by atomic mass is 10.2. The van der Waals surface area contributed by atoms with E-state index in [9.17, 15) is 4.79 Å². The summed E-state index contributed by atoms with van der Waals surface area (Å²) < 4.78 is 1.58. The van der Waals surface area contributed by atoms with Crippen LogP contribution in [0.2, 0.25) is 5.02 Å². The molecule has 0 saturated carbocycles. The molecule has 1 aromatic carbocycles. The van der Waals surface area contributed by atoms with Crippen molar-refractivity contribution in [3.63, 3.8) is 0 Å². The summed E-state index contributed by atoms with van der Waals surface area (Å²) in [5.41, 5.74) is 3.18. The van der Waals surface area contributed by atoms with Gasteiger partial charge >= 0.3 is 0 Å². The SMILES string of the molecule is CCc1c(Nc2ccc(Cl)cc2)nc2cc(C)ccn2c1=O. The van der Waals surface area contributed by atoms with Crippen molar-refractivity contribution in [2.75, 3.05) is 5.32 Å². The lowest BCUT2D eigenvalue weighted by Gasteiger charge is -2.12. The van der Waals surface area contributed by atoms with Gasteiger partial charge < -0.3 is 5.32 Å². The van der Waals surface area contributed by atoms with Gasteiger partial charge in [-0.15, -0.1) is 0 Å². The number of halogens is 1. The molecule has 0 aliphatic rings. The molecule has 0 amide bonds. The summed E-state index contributed by atoms with van der Waals surface area (Å²) in [5.74, 6) is 0.598. The summed E-state index contributed by atoms with van der Waals surface area (Å²) in [6, 6.07) is 11.1. The third-order valence-corrected chi connectivity index (χ3v) is 3.79. The first-order valence-electron chi connectivity index (χ1n) is 7.13. The number of hydrogen-bond acceptors (Lipinski definition) is 3. The highest BCUT2D eigenvalue weighted by Crippen LogP contribution is 2.20. The van der Waals surface area contributed by atoms with Crippen LogP contribution in [0.1, 0.15) is 18.1 Å². The minimum atomic E-state index is -0.0380. The van der Waals surface area contributed by atoms with E-state index >= 15 is 0 Å². The van der Waals surface area contributed by atoms with Gasteiger partial charge in [0.1, 0.15) is 11.5 Å². The molecular weight excluding hydrogens is 298 g/mol. The normalized spacial score (nSPS) is 10.9. The van der Waals surface area contributed by atoms with Gasteiger partial charge in [0, 0.05) is 16.9 Å². The summed E-state index contributed by atoms with van der Waals surface area (Å²) >= 11 is 5.90. The van der Waals surface area contributed by atoms with Crippen LogP contribution in [-0.4, -0.2) is 9.38 Å². The Kier molecular flexibility index (Phi) is 3.86.